The third-order valence-corrected chi connectivity index (χ3v) is 2.63. The summed E-state index contributed by atoms with van der Waals surface area (Å²) >= 11 is 0. The number of hydrogen-bond donors (Lipinski definition) is 1. The number of ether oxygens (including phenoxy) is 2. The summed E-state index contributed by atoms with van der Waals surface area (Å²) in [4.78, 5) is 4.39. The van der Waals surface area contributed by atoms with Crippen LogP contribution in [-0.4, -0.2) is 29.9 Å². The van der Waals surface area contributed by atoms with Gasteiger partial charge in [-0.1, -0.05) is 18.2 Å². The van der Waals surface area contributed by atoms with Crippen molar-refractivity contribution >= 4 is 10.9 Å². The summed E-state index contributed by atoms with van der Waals surface area (Å²) in [6.45, 7) is 3.60. The van der Waals surface area contributed by atoms with Gasteiger partial charge in [-0.25, -0.2) is 4.98 Å². The molecule has 0 atom stereocenters. The molecular formula is C14H17NO3. The molecule has 0 fully saturated rings. The Morgan fingerprint density at radius 2 is 2.06 bits per heavy atom. The van der Waals surface area contributed by atoms with Gasteiger partial charge in [0.05, 0.1) is 18.7 Å². The summed E-state index contributed by atoms with van der Waals surface area (Å²) < 4.78 is 10.7. The van der Waals surface area contributed by atoms with Crippen molar-refractivity contribution in [3.63, 3.8) is 0 Å². The molecule has 2 rings (SSSR count). The predicted molar refractivity (Wildman–Crippen MR) is 69.7 cm³/mol. The van der Waals surface area contributed by atoms with Crippen LogP contribution in [0.15, 0.2) is 30.3 Å². The van der Waals surface area contributed by atoms with Crippen LogP contribution in [0, 0.1) is 0 Å². The van der Waals surface area contributed by atoms with Crippen molar-refractivity contribution in [1.82, 2.24) is 4.98 Å². The molecule has 1 heterocycles. The van der Waals surface area contributed by atoms with Gasteiger partial charge in [-0.05, 0) is 18.6 Å². The number of pyridine rings is 1. The van der Waals surface area contributed by atoms with Crippen molar-refractivity contribution in [3.8, 4) is 5.88 Å². The minimum Gasteiger partial charge on any atom is -0.475 e. The number of aliphatic hydroxyl groups excluding tert-OH is 1. The van der Waals surface area contributed by atoms with E-state index in [0.717, 1.165) is 16.5 Å². The molecule has 0 radical (unpaired) electrons. The SMILES string of the molecule is CCOCCOc1cc(CO)c2ccccc2n1. The van der Waals surface area contributed by atoms with Gasteiger partial charge in [-0.3, -0.25) is 0 Å². The number of nitrogens with zero attached hydrogens (tertiary/aromatic N) is 1. The highest BCUT2D eigenvalue weighted by molar-refractivity contribution is 5.82. The molecule has 4 heteroatoms. The fraction of sp³-hybridized carbons (Fsp3) is 0.357. The van der Waals surface area contributed by atoms with E-state index >= 15 is 0 Å². The first kappa shape index (κ1) is 12.8. The van der Waals surface area contributed by atoms with Gasteiger partial charge in [-0.2, -0.15) is 0 Å². The van der Waals surface area contributed by atoms with Crippen LogP contribution < -0.4 is 4.74 Å². The maximum Gasteiger partial charge on any atom is 0.214 e. The zero-order valence-electron chi connectivity index (χ0n) is 10.4. The molecule has 4 nitrogen and oxygen atoms in total. The molecule has 0 unspecified atom stereocenters. The van der Waals surface area contributed by atoms with Gasteiger partial charge in [-0.15, -0.1) is 0 Å². The van der Waals surface area contributed by atoms with Crippen molar-refractivity contribution in [3.05, 3.63) is 35.9 Å². The normalized spacial score (nSPS) is 10.8. The average molecular weight is 247 g/mol. The predicted octanol–water partition coefficient (Wildman–Crippen LogP) is 2.14. The standard InChI is InChI=1S/C14H17NO3/c1-2-17-7-8-18-14-9-11(10-16)12-5-3-4-6-13(12)15-14/h3-6,9,16H,2,7-8,10H2,1H3. The molecule has 0 saturated heterocycles. The second-order valence-electron chi connectivity index (χ2n) is 3.84. The zero-order chi connectivity index (χ0) is 12.8. The van der Waals surface area contributed by atoms with Crippen LogP contribution in [0.1, 0.15) is 12.5 Å². The lowest BCUT2D eigenvalue weighted by molar-refractivity contribution is 0.108. The van der Waals surface area contributed by atoms with Gasteiger partial charge < -0.3 is 14.6 Å². The highest BCUT2D eigenvalue weighted by Gasteiger charge is 2.05. The van der Waals surface area contributed by atoms with E-state index in [4.69, 9.17) is 9.47 Å². The Morgan fingerprint density at radius 1 is 1.22 bits per heavy atom. The topological polar surface area (TPSA) is 51.6 Å². The first-order valence-electron chi connectivity index (χ1n) is 6.05. The zero-order valence-corrected chi connectivity index (χ0v) is 10.4. The maximum absolute atomic E-state index is 9.36. The number of aromatic nitrogens is 1. The number of aliphatic hydroxyl groups is 1. The lowest BCUT2D eigenvalue weighted by Crippen LogP contribution is -2.07. The molecule has 1 aromatic heterocycles. The van der Waals surface area contributed by atoms with E-state index in [1.54, 1.807) is 6.07 Å². The Labute approximate surface area is 106 Å². The Hall–Kier alpha value is -1.65. The van der Waals surface area contributed by atoms with Crippen molar-refractivity contribution in [2.45, 2.75) is 13.5 Å². The Kier molecular flexibility index (Phi) is 4.50. The molecule has 0 saturated carbocycles. The van der Waals surface area contributed by atoms with E-state index in [2.05, 4.69) is 4.98 Å². The van der Waals surface area contributed by atoms with Crippen molar-refractivity contribution in [1.29, 1.82) is 0 Å². The number of benzene rings is 1. The molecule has 0 aliphatic carbocycles. The third kappa shape index (κ3) is 2.97. The Bertz CT molecular complexity index is 513. The first-order valence-corrected chi connectivity index (χ1v) is 6.05. The van der Waals surface area contributed by atoms with E-state index in [9.17, 15) is 5.11 Å². The van der Waals surface area contributed by atoms with E-state index in [0.29, 0.717) is 25.7 Å². The van der Waals surface area contributed by atoms with Crippen molar-refractivity contribution in [2.24, 2.45) is 0 Å². The van der Waals surface area contributed by atoms with Crippen LogP contribution in [0.25, 0.3) is 10.9 Å². The molecule has 0 bridgehead atoms. The van der Waals surface area contributed by atoms with Gasteiger partial charge in [0, 0.05) is 18.1 Å². The third-order valence-electron chi connectivity index (χ3n) is 2.63. The largest absolute Gasteiger partial charge is 0.475 e. The van der Waals surface area contributed by atoms with E-state index in [1.807, 2.05) is 31.2 Å². The molecule has 0 aliphatic heterocycles. The van der Waals surface area contributed by atoms with Gasteiger partial charge in [0.2, 0.25) is 5.88 Å². The van der Waals surface area contributed by atoms with Crippen LogP contribution in [0.4, 0.5) is 0 Å². The maximum atomic E-state index is 9.36. The van der Waals surface area contributed by atoms with Gasteiger partial charge >= 0.3 is 0 Å². The second-order valence-corrected chi connectivity index (χ2v) is 3.84. The lowest BCUT2D eigenvalue weighted by Gasteiger charge is -2.09. The van der Waals surface area contributed by atoms with Crippen LogP contribution in [0.3, 0.4) is 0 Å². The van der Waals surface area contributed by atoms with E-state index in [-0.39, 0.29) is 6.61 Å². The Balaban J connectivity index is 2.18. The molecule has 0 spiro atoms. The smallest absolute Gasteiger partial charge is 0.214 e. The highest BCUT2D eigenvalue weighted by Crippen LogP contribution is 2.21. The molecule has 18 heavy (non-hydrogen) atoms. The summed E-state index contributed by atoms with van der Waals surface area (Å²) in [5, 5.41) is 10.3. The van der Waals surface area contributed by atoms with Crippen LogP contribution in [0.2, 0.25) is 0 Å². The summed E-state index contributed by atoms with van der Waals surface area (Å²) in [5.41, 5.74) is 1.66. The molecule has 2 aromatic rings. The monoisotopic (exact) mass is 247 g/mol. The number of para-hydroxylation sites is 1. The summed E-state index contributed by atoms with van der Waals surface area (Å²) in [6.07, 6.45) is 0. The minimum absolute atomic E-state index is 0.0230. The molecule has 96 valence electrons. The molecule has 1 N–H and O–H groups in total. The summed E-state index contributed by atoms with van der Waals surface area (Å²) in [7, 11) is 0. The molecular weight excluding hydrogens is 230 g/mol. The van der Waals surface area contributed by atoms with Crippen LogP contribution in [0.5, 0.6) is 5.88 Å². The van der Waals surface area contributed by atoms with Crippen molar-refractivity contribution in [2.75, 3.05) is 19.8 Å². The quantitative estimate of drug-likeness (QED) is 0.795. The first-order chi connectivity index (χ1) is 8.85. The minimum atomic E-state index is -0.0230. The number of hydrogen-bond acceptors (Lipinski definition) is 4. The summed E-state index contributed by atoms with van der Waals surface area (Å²) in [5.74, 6) is 0.525. The van der Waals surface area contributed by atoms with Gasteiger partial charge in [0.1, 0.15) is 6.61 Å². The number of rotatable bonds is 6. The number of fused-ring (bicyclic) bond motifs is 1. The van der Waals surface area contributed by atoms with E-state index < -0.39 is 0 Å². The molecule has 0 aliphatic rings. The van der Waals surface area contributed by atoms with Gasteiger partial charge in [0.15, 0.2) is 0 Å². The molecule has 1 aromatic carbocycles. The van der Waals surface area contributed by atoms with E-state index in [1.165, 1.54) is 0 Å². The highest BCUT2D eigenvalue weighted by atomic mass is 16.5. The average Bonchev–Trinajstić information content (AvgIpc) is 2.42. The van der Waals surface area contributed by atoms with Gasteiger partial charge in [0.25, 0.3) is 0 Å². The fourth-order valence-corrected chi connectivity index (χ4v) is 1.77. The Morgan fingerprint density at radius 3 is 2.83 bits per heavy atom. The van der Waals surface area contributed by atoms with Crippen molar-refractivity contribution < 1.29 is 14.6 Å². The lowest BCUT2D eigenvalue weighted by atomic mass is 10.1. The van der Waals surface area contributed by atoms with Crippen LogP contribution in [-0.2, 0) is 11.3 Å². The summed E-state index contributed by atoms with van der Waals surface area (Å²) in [6, 6.07) is 9.47. The van der Waals surface area contributed by atoms with Crippen LogP contribution >= 0.6 is 0 Å². The molecule has 0 amide bonds. The fourth-order valence-electron chi connectivity index (χ4n) is 1.77. The second kappa shape index (κ2) is 6.33.